The number of ether oxygens (including phenoxy) is 3. The minimum atomic E-state index is -0.777. The summed E-state index contributed by atoms with van der Waals surface area (Å²) < 4.78 is 16.6. The molecular weight excluding hydrogens is 685 g/mol. The fourth-order valence-corrected chi connectivity index (χ4v) is 6.25. The van der Waals surface area contributed by atoms with Crippen LogP contribution in [0, 0.1) is 0 Å². The van der Waals surface area contributed by atoms with Gasteiger partial charge in [-0.3, -0.25) is 14.4 Å². The number of rotatable bonds is 41. The largest absolute Gasteiger partial charge is 0.462 e. The molecular formula is C49H86O6. The Morgan fingerprint density at radius 1 is 0.364 bits per heavy atom. The lowest BCUT2D eigenvalue weighted by Crippen LogP contribution is -2.30. The van der Waals surface area contributed by atoms with Crippen molar-refractivity contribution in [2.45, 2.75) is 232 Å². The van der Waals surface area contributed by atoms with Gasteiger partial charge in [-0.25, -0.2) is 0 Å². The van der Waals surface area contributed by atoms with Crippen LogP contribution in [0.5, 0.6) is 0 Å². The van der Waals surface area contributed by atoms with Crippen LogP contribution in [0.15, 0.2) is 48.6 Å². The van der Waals surface area contributed by atoms with Crippen molar-refractivity contribution >= 4 is 17.9 Å². The van der Waals surface area contributed by atoms with Crippen molar-refractivity contribution in [3.63, 3.8) is 0 Å². The standard InChI is InChI=1S/C49H86O6/c1-4-7-10-13-15-17-19-21-23-24-25-26-28-29-31-33-36-39-42-48(51)54-45-46(44-53-47(50)41-38-35-12-9-6-3)55-49(52)43-40-37-34-32-30-27-22-20-18-16-14-11-8-5-2/h14,16-17,19-20,22-24,46H,4-13,15,18,21,25-45H2,1-3H3/b16-14-,19-17-,22-20-,24-23-. The van der Waals surface area contributed by atoms with E-state index in [9.17, 15) is 14.4 Å². The topological polar surface area (TPSA) is 78.9 Å². The molecule has 0 bridgehead atoms. The summed E-state index contributed by atoms with van der Waals surface area (Å²) in [5.74, 6) is -0.919. The Bertz CT molecular complexity index is 980. The minimum Gasteiger partial charge on any atom is -0.462 e. The SMILES string of the molecule is CCCC/C=C\C/C=C\CCCCCCCC(=O)OC(COC(=O)CCCCCCC)COC(=O)CCCCCCCCC/C=C\C/C=C\CCCCCC. The molecule has 0 N–H and O–H groups in total. The van der Waals surface area contributed by atoms with Crippen LogP contribution in [0.4, 0.5) is 0 Å². The molecule has 1 atom stereocenters. The highest BCUT2D eigenvalue weighted by atomic mass is 16.6. The van der Waals surface area contributed by atoms with Gasteiger partial charge in [0.15, 0.2) is 6.10 Å². The monoisotopic (exact) mass is 771 g/mol. The molecule has 0 aliphatic carbocycles. The van der Waals surface area contributed by atoms with Gasteiger partial charge >= 0.3 is 17.9 Å². The van der Waals surface area contributed by atoms with E-state index in [2.05, 4.69) is 69.4 Å². The fourth-order valence-electron chi connectivity index (χ4n) is 6.25. The minimum absolute atomic E-state index is 0.0824. The fraction of sp³-hybridized carbons (Fsp3) is 0.776. The number of hydrogen-bond acceptors (Lipinski definition) is 6. The number of carbonyl (C=O) groups excluding carboxylic acids is 3. The third kappa shape index (κ3) is 42.4. The maximum atomic E-state index is 12.7. The summed E-state index contributed by atoms with van der Waals surface area (Å²) in [4.78, 5) is 37.5. The molecule has 0 aromatic heterocycles. The van der Waals surface area contributed by atoms with Crippen molar-refractivity contribution in [2.75, 3.05) is 13.2 Å². The molecule has 0 aromatic carbocycles. The average Bonchev–Trinajstić information content (AvgIpc) is 3.18. The summed E-state index contributed by atoms with van der Waals surface area (Å²) in [6.45, 7) is 6.47. The van der Waals surface area contributed by atoms with Gasteiger partial charge in [0.2, 0.25) is 0 Å². The predicted molar refractivity (Wildman–Crippen MR) is 233 cm³/mol. The summed E-state index contributed by atoms with van der Waals surface area (Å²) in [5, 5.41) is 0. The second-order valence-electron chi connectivity index (χ2n) is 15.3. The van der Waals surface area contributed by atoms with Crippen molar-refractivity contribution in [1.29, 1.82) is 0 Å². The van der Waals surface area contributed by atoms with E-state index < -0.39 is 6.10 Å². The Balaban J connectivity index is 4.24. The zero-order valence-electron chi connectivity index (χ0n) is 36.2. The highest BCUT2D eigenvalue weighted by Crippen LogP contribution is 2.13. The smallest absolute Gasteiger partial charge is 0.306 e. The van der Waals surface area contributed by atoms with E-state index >= 15 is 0 Å². The normalized spacial score (nSPS) is 12.4. The van der Waals surface area contributed by atoms with Gasteiger partial charge in [-0.1, -0.05) is 179 Å². The van der Waals surface area contributed by atoms with Gasteiger partial charge < -0.3 is 14.2 Å². The van der Waals surface area contributed by atoms with Crippen molar-refractivity contribution in [3.05, 3.63) is 48.6 Å². The molecule has 0 heterocycles. The first-order chi connectivity index (χ1) is 27.0. The molecule has 0 spiro atoms. The first kappa shape index (κ1) is 52.4. The van der Waals surface area contributed by atoms with Gasteiger partial charge in [0, 0.05) is 19.3 Å². The van der Waals surface area contributed by atoms with E-state index in [1.54, 1.807) is 0 Å². The molecule has 0 aromatic rings. The highest BCUT2D eigenvalue weighted by Gasteiger charge is 2.19. The van der Waals surface area contributed by atoms with Crippen LogP contribution in [0.25, 0.3) is 0 Å². The van der Waals surface area contributed by atoms with Crippen molar-refractivity contribution in [2.24, 2.45) is 0 Å². The maximum Gasteiger partial charge on any atom is 0.306 e. The van der Waals surface area contributed by atoms with E-state index in [1.165, 1.54) is 83.5 Å². The molecule has 0 saturated carbocycles. The molecule has 0 aliphatic rings. The predicted octanol–water partition coefficient (Wildman–Crippen LogP) is 14.8. The summed E-state index contributed by atoms with van der Waals surface area (Å²) in [6.07, 6.45) is 51.2. The zero-order valence-corrected chi connectivity index (χ0v) is 36.2. The van der Waals surface area contributed by atoms with Gasteiger partial charge in [-0.05, 0) is 77.0 Å². The van der Waals surface area contributed by atoms with Gasteiger partial charge in [0.05, 0.1) is 0 Å². The Labute approximate surface area is 339 Å². The van der Waals surface area contributed by atoms with Crippen LogP contribution in [0.1, 0.15) is 226 Å². The number of esters is 3. The van der Waals surface area contributed by atoms with E-state index in [0.29, 0.717) is 19.3 Å². The summed E-state index contributed by atoms with van der Waals surface area (Å²) in [5.41, 5.74) is 0. The zero-order chi connectivity index (χ0) is 40.1. The highest BCUT2D eigenvalue weighted by molar-refractivity contribution is 5.71. The quantitative estimate of drug-likeness (QED) is 0.0267. The molecule has 0 rings (SSSR count). The molecule has 0 fully saturated rings. The van der Waals surface area contributed by atoms with Crippen LogP contribution in [-0.2, 0) is 28.6 Å². The van der Waals surface area contributed by atoms with Crippen LogP contribution >= 0.6 is 0 Å². The lowest BCUT2D eigenvalue weighted by atomic mass is 10.1. The second-order valence-corrected chi connectivity index (χ2v) is 15.3. The molecule has 55 heavy (non-hydrogen) atoms. The molecule has 1 unspecified atom stereocenters. The Morgan fingerprint density at radius 3 is 1.07 bits per heavy atom. The summed E-state index contributed by atoms with van der Waals surface area (Å²) in [6, 6.07) is 0. The molecule has 0 saturated heterocycles. The van der Waals surface area contributed by atoms with E-state index in [4.69, 9.17) is 14.2 Å². The lowest BCUT2D eigenvalue weighted by Gasteiger charge is -2.18. The van der Waals surface area contributed by atoms with Crippen molar-refractivity contribution < 1.29 is 28.6 Å². The maximum absolute atomic E-state index is 12.7. The molecule has 6 nitrogen and oxygen atoms in total. The summed E-state index contributed by atoms with van der Waals surface area (Å²) in [7, 11) is 0. The number of hydrogen-bond donors (Lipinski definition) is 0. The second kappa shape index (κ2) is 44.1. The summed E-state index contributed by atoms with van der Waals surface area (Å²) >= 11 is 0. The van der Waals surface area contributed by atoms with E-state index in [1.807, 2.05) is 0 Å². The Kier molecular flexibility index (Phi) is 42.0. The average molecular weight is 771 g/mol. The lowest BCUT2D eigenvalue weighted by molar-refractivity contribution is -0.167. The Hall–Kier alpha value is -2.63. The van der Waals surface area contributed by atoms with Crippen molar-refractivity contribution in [3.8, 4) is 0 Å². The Morgan fingerprint density at radius 2 is 0.673 bits per heavy atom. The molecule has 0 radical (unpaired) electrons. The van der Waals surface area contributed by atoms with Gasteiger partial charge in [0.1, 0.15) is 13.2 Å². The number of unbranched alkanes of at least 4 members (excludes halogenated alkanes) is 22. The van der Waals surface area contributed by atoms with Gasteiger partial charge in [-0.2, -0.15) is 0 Å². The van der Waals surface area contributed by atoms with Crippen LogP contribution in [0.2, 0.25) is 0 Å². The van der Waals surface area contributed by atoms with Gasteiger partial charge in [-0.15, -0.1) is 0 Å². The molecule has 318 valence electrons. The van der Waals surface area contributed by atoms with Crippen LogP contribution < -0.4 is 0 Å². The third-order valence-corrected chi connectivity index (χ3v) is 9.81. The van der Waals surface area contributed by atoms with E-state index in [-0.39, 0.29) is 31.1 Å². The molecule has 6 heteroatoms. The molecule has 0 aliphatic heterocycles. The van der Waals surface area contributed by atoms with Crippen LogP contribution in [0.3, 0.4) is 0 Å². The van der Waals surface area contributed by atoms with Gasteiger partial charge in [0.25, 0.3) is 0 Å². The number of carbonyl (C=O) groups is 3. The van der Waals surface area contributed by atoms with Crippen molar-refractivity contribution in [1.82, 2.24) is 0 Å². The van der Waals surface area contributed by atoms with Crippen LogP contribution in [-0.4, -0.2) is 37.2 Å². The first-order valence-corrected chi connectivity index (χ1v) is 23.1. The molecule has 0 amide bonds. The number of allylic oxidation sites excluding steroid dienone is 8. The van der Waals surface area contributed by atoms with E-state index in [0.717, 1.165) is 103 Å². The first-order valence-electron chi connectivity index (χ1n) is 23.1. The third-order valence-electron chi connectivity index (χ3n) is 9.81.